The van der Waals surface area contributed by atoms with Crippen LogP contribution in [0.4, 0.5) is 0 Å². The first kappa shape index (κ1) is 30.8. The molecular formula is C51H30N4O. The van der Waals surface area contributed by atoms with E-state index in [1.807, 2.05) is 18.2 Å². The fraction of sp³-hybridized carbons (Fsp3) is 0. The van der Waals surface area contributed by atoms with Crippen LogP contribution in [0.15, 0.2) is 186 Å². The maximum absolute atomic E-state index is 6.63. The lowest BCUT2D eigenvalue weighted by atomic mass is 9.99. The molecule has 0 saturated carbocycles. The van der Waals surface area contributed by atoms with Crippen LogP contribution in [-0.4, -0.2) is 19.5 Å². The SMILES string of the molecule is c1ccc(-c2ccc(-c3nc(-c4cc5ccccc5c5oc6ccccc6c45)nc(-n4c5ccc6ccccc6c5c5ccc6ccccc6c54)n3)cc2)cc1. The van der Waals surface area contributed by atoms with E-state index in [0.29, 0.717) is 17.6 Å². The maximum atomic E-state index is 6.63. The lowest BCUT2D eigenvalue weighted by molar-refractivity contribution is 0.672. The summed E-state index contributed by atoms with van der Waals surface area (Å²) in [6, 6.07) is 63.8. The molecular weight excluding hydrogens is 685 g/mol. The number of hydrogen-bond acceptors (Lipinski definition) is 4. The fourth-order valence-electron chi connectivity index (χ4n) is 8.65. The first-order valence-corrected chi connectivity index (χ1v) is 18.9. The van der Waals surface area contributed by atoms with Gasteiger partial charge >= 0.3 is 0 Å². The Morgan fingerprint density at radius 3 is 1.82 bits per heavy atom. The molecule has 0 bridgehead atoms. The largest absolute Gasteiger partial charge is 0.455 e. The van der Waals surface area contributed by atoms with Crippen LogP contribution in [0.25, 0.3) is 116 Å². The zero-order valence-electron chi connectivity index (χ0n) is 30.0. The molecule has 3 heterocycles. The molecule has 12 aromatic rings. The molecule has 0 aliphatic carbocycles. The van der Waals surface area contributed by atoms with Crippen molar-refractivity contribution in [2.45, 2.75) is 0 Å². The molecule has 0 fully saturated rings. The van der Waals surface area contributed by atoms with Crippen LogP contribution in [0.5, 0.6) is 0 Å². The van der Waals surface area contributed by atoms with Gasteiger partial charge in [-0.3, -0.25) is 4.57 Å². The van der Waals surface area contributed by atoms with Gasteiger partial charge in [-0.15, -0.1) is 0 Å². The first-order valence-electron chi connectivity index (χ1n) is 18.9. The Bertz CT molecular complexity index is 3530. The van der Waals surface area contributed by atoms with Gasteiger partial charge in [-0.2, -0.15) is 9.97 Å². The monoisotopic (exact) mass is 714 g/mol. The summed E-state index contributed by atoms with van der Waals surface area (Å²) in [7, 11) is 0. The average Bonchev–Trinajstić information content (AvgIpc) is 3.84. The van der Waals surface area contributed by atoms with E-state index < -0.39 is 0 Å². The molecule has 260 valence electrons. The molecule has 56 heavy (non-hydrogen) atoms. The summed E-state index contributed by atoms with van der Waals surface area (Å²) in [6.45, 7) is 0. The van der Waals surface area contributed by atoms with Gasteiger partial charge < -0.3 is 4.42 Å². The Balaban J connectivity index is 1.21. The molecule has 0 amide bonds. The molecule has 0 unspecified atom stereocenters. The number of hydrogen-bond donors (Lipinski definition) is 0. The third-order valence-corrected chi connectivity index (χ3v) is 11.2. The van der Waals surface area contributed by atoms with E-state index in [0.717, 1.165) is 82.2 Å². The highest BCUT2D eigenvalue weighted by Crippen LogP contribution is 2.43. The highest BCUT2D eigenvalue weighted by Gasteiger charge is 2.23. The molecule has 0 saturated heterocycles. The molecule has 0 radical (unpaired) electrons. The molecule has 3 aromatic heterocycles. The summed E-state index contributed by atoms with van der Waals surface area (Å²) < 4.78 is 8.88. The van der Waals surface area contributed by atoms with Crippen LogP contribution >= 0.6 is 0 Å². The molecule has 0 atom stereocenters. The van der Waals surface area contributed by atoms with Crippen LogP contribution in [-0.2, 0) is 0 Å². The third kappa shape index (κ3) is 4.58. The molecule has 0 aliphatic heterocycles. The Morgan fingerprint density at radius 1 is 0.393 bits per heavy atom. The Morgan fingerprint density at radius 2 is 1.00 bits per heavy atom. The fourth-order valence-corrected chi connectivity index (χ4v) is 8.65. The van der Waals surface area contributed by atoms with Crippen LogP contribution in [0.3, 0.4) is 0 Å². The van der Waals surface area contributed by atoms with Gasteiger partial charge in [0.25, 0.3) is 0 Å². The van der Waals surface area contributed by atoms with Gasteiger partial charge in [-0.25, -0.2) is 4.98 Å². The zero-order valence-corrected chi connectivity index (χ0v) is 30.0. The second kappa shape index (κ2) is 11.9. The molecule has 0 aliphatic rings. The number of furan rings is 1. The minimum absolute atomic E-state index is 0.554. The number of benzene rings is 9. The molecule has 5 nitrogen and oxygen atoms in total. The van der Waals surface area contributed by atoms with Crippen molar-refractivity contribution in [2.24, 2.45) is 0 Å². The number of para-hydroxylation sites is 1. The zero-order chi connectivity index (χ0) is 36.7. The maximum Gasteiger partial charge on any atom is 0.238 e. The molecule has 0 N–H and O–H groups in total. The summed E-state index contributed by atoms with van der Waals surface area (Å²) >= 11 is 0. The van der Waals surface area contributed by atoms with Gasteiger partial charge in [0.05, 0.1) is 11.0 Å². The van der Waals surface area contributed by atoms with Crippen LogP contribution in [0.2, 0.25) is 0 Å². The normalized spacial score (nSPS) is 11.9. The smallest absolute Gasteiger partial charge is 0.238 e. The van der Waals surface area contributed by atoms with Crippen LogP contribution in [0, 0.1) is 0 Å². The van der Waals surface area contributed by atoms with Gasteiger partial charge in [0.2, 0.25) is 5.95 Å². The summed E-state index contributed by atoms with van der Waals surface area (Å²) in [5.41, 5.74) is 7.84. The average molecular weight is 715 g/mol. The van der Waals surface area contributed by atoms with Gasteiger partial charge in [0, 0.05) is 43.4 Å². The van der Waals surface area contributed by atoms with Crippen molar-refractivity contribution in [3.8, 4) is 39.9 Å². The number of nitrogens with zero attached hydrogens (tertiary/aromatic N) is 4. The first-order chi connectivity index (χ1) is 27.8. The second-order valence-electron chi connectivity index (χ2n) is 14.4. The van der Waals surface area contributed by atoms with Crippen molar-refractivity contribution in [1.29, 1.82) is 0 Å². The molecule has 0 spiro atoms. The topological polar surface area (TPSA) is 56.7 Å². The molecule has 5 heteroatoms. The van der Waals surface area contributed by atoms with Gasteiger partial charge in [-0.1, -0.05) is 164 Å². The van der Waals surface area contributed by atoms with Crippen molar-refractivity contribution in [3.05, 3.63) is 182 Å². The third-order valence-electron chi connectivity index (χ3n) is 11.2. The standard InChI is InChI=1S/C51H30N4O/c1-2-12-31(13-3-1)32-22-24-35(25-23-32)49-52-50(42-30-36-16-6-9-19-39(36)48-46(42)40-20-10-11-21-44(40)56-48)54-51(53-49)55-43-29-27-33-14-4-7-17-37(33)45(43)41-28-26-34-15-5-8-18-38(34)47(41)55/h1-30H. The van der Waals surface area contributed by atoms with Gasteiger partial charge in [0.1, 0.15) is 11.2 Å². The van der Waals surface area contributed by atoms with E-state index in [2.05, 4.69) is 168 Å². The van der Waals surface area contributed by atoms with Crippen molar-refractivity contribution in [3.63, 3.8) is 0 Å². The second-order valence-corrected chi connectivity index (χ2v) is 14.4. The van der Waals surface area contributed by atoms with Crippen LogP contribution < -0.4 is 0 Å². The summed E-state index contributed by atoms with van der Waals surface area (Å²) in [5, 5.41) is 11.1. The van der Waals surface area contributed by atoms with E-state index in [1.54, 1.807) is 0 Å². The van der Waals surface area contributed by atoms with Crippen molar-refractivity contribution in [1.82, 2.24) is 19.5 Å². The van der Waals surface area contributed by atoms with Gasteiger partial charge in [-0.05, 0) is 50.9 Å². The number of fused-ring (bicyclic) bond motifs is 12. The minimum Gasteiger partial charge on any atom is -0.455 e. The summed E-state index contributed by atoms with van der Waals surface area (Å²) in [5.74, 6) is 1.73. The summed E-state index contributed by atoms with van der Waals surface area (Å²) in [6.07, 6.45) is 0. The molecule has 9 aromatic carbocycles. The lowest BCUT2D eigenvalue weighted by Gasteiger charge is -2.13. The Labute approximate surface area is 320 Å². The van der Waals surface area contributed by atoms with Crippen LogP contribution in [0.1, 0.15) is 0 Å². The van der Waals surface area contributed by atoms with E-state index in [9.17, 15) is 0 Å². The minimum atomic E-state index is 0.554. The number of aromatic nitrogens is 4. The molecule has 12 rings (SSSR count). The summed E-state index contributed by atoms with van der Waals surface area (Å²) in [4.78, 5) is 16.2. The predicted octanol–water partition coefficient (Wildman–Crippen LogP) is 13.3. The number of rotatable bonds is 4. The lowest BCUT2D eigenvalue weighted by Crippen LogP contribution is -2.07. The van der Waals surface area contributed by atoms with Gasteiger partial charge in [0.15, 0.2) is 11.6 Å². The van der Waals surface area contributed by atoms with E-state index >= 15 is 0 Å². The van der Waals surface area contributed by atoms with E-state index in [1.165, 1.54) is 16.2 Å². The highest BCUT2D eigenvalue weighted by atomic mass is 16.3. The Hall–Kier alpha value is -7.63. The van der Waals surface area contributed by atoms with Crippen molar-refractivity contribution in [2.75, 3.05) is 0 Å². The Kier molecular flexibility index (Phi) is 6.56. The van der Waals surface area contributed by atoms with Crippen molar-refractivity contribution < 1.29 is 4.42 Å². The highest BCUT2D eigenvalue weighted by molar-refractivity contribution is 6.26. The quantitative estimate of drug-likeness (QED) is 0.182. The van der Waals surface area contributed by atoms with E-state index in [-0.39, 0.29) is 0 Å². The van der Waals surface area contributed by atoms with E-state index in [4.69, 9.17) is 19.4 Å². The van der Waals surface area contributed by atoms with Crippen molar-refractivity contribution >= 4 is 76.1 Å². The predicted molar refractivity (Wildman–Crippen MR) is 230 cm³/mol.